The molecule has 4 atom stereocenters. The first kappa shape index (κ1) is 23.4. The Kier molecular flexibility index (Phi) is 5.03. The number of Topliss-reactive ketones (excluding diaryl/α,β-unsaturated/α-hetero) is 2. The number of aromatic hydroxyl groups is 1. The summed E-state index contributed by atoms with van der Waals surface area (Å²) >= 11 is 1.75. The van der Waals surface area contributed by atoms with Crippen LogP contribution in [0.15, 0.2) is 75.9 Å². The second-order valence-electron chi connectivity index (χ2n) is 10.5. The highest BCUT2D eigenvalue weighted by atomic mass is 32.2. The van der Waals surface area contributed by atoms with Gasteiger partial charge in [-0.3, -0.25) is 14.5 Å². The number of fused-ring (bicyclic) bond motifs is 3. The van der Waals surface area contributed by atoms with Crippen LogP contribution < -0.4 is 5.63 Å². The minimum Gasteiger partial charge on any atom is -0.507 e. The Hall–Kier alpha value is -3.68. The predicted molar refractivity (Wildman–Crippen MR) is 146 cm³/mol. The highest BCUT2D eigenvalue weighted by Crippen LogP contribution is 2.62. The first-order valence-electron chi connectivity index (χ1n) is 12.7. The molecule has 0 bridgehead atoms. The molecule has 1 spiro atoms. The molecule has 1 aliphatic carbocycles. The van der Waals surface area contributed by atoms with Crippen molar-refractivity contribution in [2.75, 3.05) is 11.6 Å². The molecule has 0 amide bonds. The summed E-state index contributed by atoms with van der Waals surface area (Å²) in [5.74, 6) is -0.847. The van der Waals surface area contributed by atoms with Crippen molar-refractivity contribution in [1.29, 1.82) is 0 Å². The van der Waals surface area contributed by atoms with Crippen LogP contribution in [-0.4, -0.2) is 39.2 Å². The van der Waals surface area contributed by atoms with Crippen molar-refractivity contribution in [2.24, 2.45) is 5.92 Å². The van der Waals surface area contributed by atoms with Gasteiger partial charge in [0.25, 0.3) is 0 Å². The van der Waals surface area contributed by atoms with Crippen LogP contribution in [0.3, 0.4) is 0 Å². The van der Waals surface area contributed by atoms with Crippen LogP contribution in [-0.2, 0) is 5.54 Å². The minimum absolute atomic E-state index is 0.107. The van der Waals surface area contributed by atoms with Gasteiger partial charge in [0.2, 0.25) is 0 Å². The molecule has 2 aliphatic heterocycles. The van der Waals surface area contributed by atoms with Crippen LogP contribution >= 0.6 is 11.8 Å². The monoisotopic (exact) mass is 523 g/mol. The number of carbonyl (C=O) groups is 2. The highest BCUT2D eigenvalue weighted by Gasteiger charge is 2.69. The third kappa shape index (κ3) is 2.91. The van der Waals surface area contributed by atoms with Gasteiger partial charge in [-0.05, 0) is 35.7 Å². The van der Waals surface area contributed by atoms with E-state index in [0.29, 0.717) is 11.4 Å². The normalized spacial score (nSPS) is 25.9. The highest BCUT2D eigenvalue weighted by molar-refractivity contribution is 7.99. The standard InChI is InChI=1S/C31H25NO5S/c1-16-9-11-19(12-10-16)25-22-14-38-15-32(22)31(27(25)28(34)26-23(33)13-17(2)37-30(26)36)21-8-4-6-18-5-3-7-20(24(18)21)29(31)35/h3-13,22,25,27,33H,14-15H2,1-2H3/t22?,25-,27-,31+/m1/s1. The zero-order valence-corrected chi connectivity index (χ0v) is 21.7. The van der Waals surface area contributed by atoms with Crippen molar-refractivity contribution < 1.29 is 19.1 Å². The lowest BCUT2D eigenvalue weighted by Crippen LogP contribution is -2.52. The van der Waals surface area contributed by atoms with Crippen molar-refractivity contribution in [3.05, 3.63) is 111 Å². The van der Waals surface area contributed by atoms with Gasteiger partial charge >= 0.3 is 5.63 Å². The molecule has 7 rings (SSSR count). The third-order valence-corrected chi connectivity index (χ3v) is 9.59. The van der Waals surface area contributed by atoms with Crippen molar-refractivity contribution >= 4 is 34.1 Å². The molecule has 0 radical (unpaired) electrons. The Balaban J connectivity index is 1.56. The lowest BCUT2D eigenvalue weighted by Gasteiger charge is -2.37. The van der Waals surface area contributed by atoms with E-state index in [1.165, 1.54) is 6.07 Å². The van der Waals surface area contributed by atoms with E-state index >= 15 is 0 Å². The first-order valence-corrected chi connectivity index (χ1v) is 13.9. The summed E-state index contributed by atoms with van der Waals surface area (Å²) in [5.41, 5.74) is 0.856. The molecule has 2 fully saturated rings. The molecule has 1 unspecified atom stereocenters. The average molecular weight is 524 g/mol. The molecule has 1 N–H and O–H groups in total. The predicted octanol–water partition coefficient (Wildman–Crippen LogP) is 5.18. The van der Waals surface area contributed by atoms with Crippen molar-refractivity contribution in [3.8, 4) is 5.75 Å². The molecule has 3 aromatic carbocycles. The van der Waals surface area contributed by atoms with E-state index in [4.69, 9.17) is 4.42 Å². The van der Waals surface area contributed by atoms with Gasteiger partial charge in [0.15, 0.2) is 11.6 Å². The number of thioether (sulfide) groups is 1. The van der Waals surface area contributed by atoms with Crippen LogP contribution in [0, 0.1) is 19.8 Å². The zero-order valence-electron chi connectivity index (χ0n) is 20.9. The third-order valence-electron chi connectivity index (χ3n) is 8.55. The number of hydrogen-bond acceptors (Lipinski definition) is 7. The van der Waals surface area contributed by atoms with E-state index < -0.39 is 28.6 Å². The van der Waals surface area contributed by atoms with Gasteiger partial charge in [-0.15, -0.1) is 11.8 Å². The number of hydrogen-bond donors (Lipinski definition) is 1. The topological polar surface area (TPSA) is 87.8 Å². The SMILES string of the molecule is Cc1ccc([C@@H]2C3CSCN3[C@]3(C(=O)c4cccc5cccc3c45)[C@H]2C(=O)c2c(O)cc(C)oc2=O)cc1. The Morgan fingerprint density at radius 1 is 1.05 bits per heavy atom. The van der Waals surface area contributed by atoms with Gasteiger partial charge in [-0.2, -0.15) is 0 Å². The van der Waals surface area contributed by atoms with Gasteiger partial charge in [0.05, 0.1) is 5.92 Å². The number of benzene rings is 3. The van der Waals surface area contributed by atoms with E-state index in [9.17, 15) is 19.5 Å². The molecule has 7 heteroatoms. The van der Waals surface area contributed by atoms with Gasteiger partial charge in [-0.25, -0.2) is 4.79 Å². The molecule has 3 aliphatic rings. The molecule has 190 valence electrons. The molecule has 1 aromatic heterocycles. The Bertz CT molecular complexity index is 1720. The van der Waals surface area contributed by atoms with Crippen molar-refractivity contribution in [1.82, 2.24) is 4.90 Å². The number of rotatable bonds is 3. The van der Waals surface area contributed by atoms with Gasteiger partial charge in [0, 0.05) is 35.2 Å². The van der Waals surface area contributed by atoms with Crippen LogP contribution in [0.25, 0.3) is 10.8 Å². The van der Waals surface area contributed by atoms with Crippen LogP contribution in [0.4, 0.5) is 0 Å². The number of carbonyl (C=O) groups excluding carboxylic acids is 2. The fourth-order valence-corrected chi connectivity index (χ4v) is 8.41. The van der Waals surface area contributed by atoms with Crippen molar-refractivity contribution in [2.45, 2.75) is 31.3 Å². The molecule has 4 aromatic rings. The fourth-order valence-electron chi connectivity index (χ4n) is 7.08. The Labute approximate surface area is 223 Å². The van der Waals surface area contributed by atoms with E-state index in [1.807, 2.05) is 67.6 Å². The van der Waals surface area contributed by atoms with Crippen LogP contribution in [0.5, 0.6) is 5.75 Å². The summed E-state index contributed by atoms with van der Waals surface area (Å²) in [7, 11) is 0. The fraction of sp³-hybridized carbons (Fsp3) is 0.258. The zero-order chi connectivity index (χ0) is 26.3. The van der Waals surface area contributed by atoms with Gasteiger partial charge in [-0.1, -0.05) is 66.2 Å². The molecular formula is C31H25NO5S. The Morgan fingerprint density at radius 3 is 2.53 bits per heavy atom. The van der Waals surface area contributed by atoms with Crippen molar-refractivity contribution in [3.63, 3.8) is 0 Å². The van der Waals surface area contributed by atoms with E-state index in [2.05, 4.69) is 4.90 Å². The molecule has 38 heavy (non-hydrogen) atoms. The quantitative estimate of drug-likeness (QED) is 0.370. The maximum Gasteiger partial charge on any atom is 0.350 e. The average Bonchev–Trinajstić information content (AvgIpc) is 3.54. The maximum absolute atomic E-state index is 14.7. The minimum atomic E-state index is -1.30. The van der Waals surface area contributed by atoms with Gasteiger partial charge in [0.1, 0.15) is 22.6 Å². The summed E-state index contributed by atoms with van der Waals surface area (Å²) in [4.78, 5) is 44.6. The summed E-state index contributed by atoms with van der Waals surface area (Å²) in [6, 6.07) is 20.8. The second kappa shape index (κ2) is 8.16. The summed E-state index contributed by atoms with van der Waals surface area (Å²) in [6.45, 7) is 3.56. The van der Waals surface area contributed by atoms with E-state index in [-0.39, 0.29) is 29.1 Å². The molecule has 3 heterocycles. The lowest BCUT2D eigenvalue weighted by molar-refractivity contribution is 0.0537. The van der Waals surface area contributed by atoms with Gasteiger partial charge < -0.3 is 9.52 Å². The smallest absolute Gasteiger partial charge is 0.350 e. The maximum atomic E-state index is 14.7. The molecular weight excluding hydrogens is 498 g/mol. The van der Waals surface area contributed by atoms with Crippen LogP contribution in [0.1, 0.15) is 49.1 Å². The summed E-state index contributed by atoms with van der Waals surface area (Å²) in [5, 5.41) is 12.6. The Morgan fingerprint density at radius 2 is 1.79 bits per heavy atom. The summed E-state index contributed by atoms with van der Waals surface area (Å²) < 4.78 is 5.28. The molecule has 2 saturated heterocycles. The van der Waals surface area contributed by atoms with E-state index in [0.717, 1.165) is 33.2 Å². The number of ketones is 2. The molecule has 6 nitrogen and oxygen atoms in total. The number of aryl methyl sites for hydroxylation is 2. The lowest BCUT2D eigenvalue weighted by atomic mass is 9.68. The number of nitrogens with zero attached hydrogens (tertiary/aromatic N) is 1. The largest absolute Gasteiger partial charge is 0.507 e. The second-order valence-corrected chi connectivity index (χ2v) is 11.5. The van der Waals surface area contributed by atoms with Crippen LogP contribution in [0.2, 0.25) is 0 Å². The first-order chi connectivity index (χ1) is 18.3. The molecule has 0 saturated carbocycles. The van der Waals surface area contributed by atoms with E-state index in [1.54, 1.807) is 18.7 Å². The summed E-state index contributed by atoms with van der Waals surface area (Å²) in [6.07, 6.45) is 0.